The fraction of sp³-hybridized carbons (Fsp3) is 1.00. The highest BCUT2D eigenvalue weighted by atomic mass is 31.2. The zero-order valence-electron chi connectivity index (χ0n) is 19.3. The summed E-state index contributed by atoms with van der Waals surface area (Å²) in [6.07, 6.45) is 5.66. The van der Waals surface area contributed by atoms with E-state index < -0.39 is 13.7 Å². The molecular weight excluding hydrogens is 415 g/mol. The van der Waals surface area contributed by atoms with Crippen LogP contribution in [0.2, 0.25) is 0 Å². The third-order valence-electron chi connectivity index (χ3n) is 10.6. The topological polar surface area (TPSA) is 124 Å². The number of aliphatic hydroxyl groups is 3. The first-order chi connectivity index (χ1) is 14.4. The molecule has 0 radical (unpaired) electrons. The van der Waals surface area contributed by atoms with Gasteiger partial charge in [0.2, 0.25) is 0 Å². The fourth-order valence-electron chi connectivity index (χ4n) is 8.94. The van der Waals surface area contributed by atoms with Crippen LogP contribution in [-0.4, -0.2) is 39.8 Å². The lowest BCUT2D eigenvalue weighted by molar-refractivity contribution is -0.313. The third kappa shape index (κ3) is 4.08. The highest BCUT2D eigenvalue weighted by Gasteiger charge is 2.65. The van der Waals surface area contributed by atoms with Gasteiger partial charge in [0.25, 0.3) is 0 Å². The van der Waals surface area contributed by atoms with Gasteiger partial charge in [-0.2, -0.15) is 0 Å². The van der Waals surface area contributed by atoms with Crippen LogP contribution < -0.4 is 9.79 Å². The maximum Gasteiger partial charge on any atom is 0.0602 e. The SMILES string of the molecule is C[C@H](CCCP(=O)([O-])[O-])[C@H]1CC[C@H]2[C@@H]3[C@H](O)C[C@@H]4C[C@H](O)CC[C@]4(C)[C@H]3C[C@H](O)[C@]12C. The van der Waals surface area contributed by atoms with E-state index in [1.165, 1.54) is 0 Å². The molecule has 4 rings (SSSR count). The Morgan fingerprint density at radius 1 is 1.03 bits per heavy atom. The van der Waals surface area contributed by atoms with Crippen LogP contribution in [0, 0.1) is 46.3 Å². The first-order valence-corrected chi connectivity index (χ1v) is 14.2. The number of rotatable bonds is 5. The van der Waals surface area contributed by atoms with Crippen LogP contribution in [-0.2, 0) is 4.57 Å². The zero-order valence-corrected chi connectivity index (χ0v) is 20.2. The minimum Gasteiger partial charge on any atom is -0.811 e. The van der Waals surface area contributed by atoms with E-state index in [4.69, 9.17) is 0 Å². The molecule has 0 saturated heterocycles. The molecule has 4 saturated carbocycles. The van der Waals surface area contributed by atoms with Crippen molar-refractivity contribution in [2.75, 3.05) is 6.16 Å². The van der Waals surface area contributed by atoms with Crippen molar-refractivity contribution in [1.82, 2.24) is 0 Å². The lowest BCUT2D eigenvalue weighted by Crippen LogP contribution is -2.62. The van der Waals surface area contributed by atoms with Crippen LogP contribution in [0.1, 0.15) is 78.6 Å². The molecule has 7 heteroatoms. The highest BCUT2D eigenvalue weighted by Crippen LogP contribution is 2.68. The molecule has 4 aliphatic carbocycles. The molecule has 31 heavy (non-hydrogen) atoms. The second-order valence-electron chi connectivity index (χ2n) is 12.0. The van der Waals surface area contributed by atoms with Gasteiger partial charge >= 0.3 is 0 Å². The van der Waals surface area contributed by atoms with Gasteiger partial charge in [0.1, 0.15) is 0 Å². The maximum absolute atomic E-state index is 11.5. The van der Waals surface area contributed by atoms with Gasteiger partial charge in [-0.15, -0.1) is 0 Å². The van der Waals surface area contributed by atoms with Gasteiger partial charge < -0.3 is 29.7 Å². The van der Waals surface area contributed by atoms with Crippen LogP contribution in [0.25, 0.3) is 0 Å². The highest BCUT2D eigenvalue weighted by molar-refractivity contribution is 7.48. The van der Waals surface area contributed by atoms with Gasteiger partial charge in [-0.05, 0) is 104 Å². The van der Waals surface area contributed by atoms with Crippen LogP contribution >= 0.6 is 7.60 Å². The summed E-state index contributed by atoms with van der Waals surface area (Å²) in [7, 11) is -4.47. The Hall–Kier alpha value is 0.0300. The second kappa shape index (κ2) is 8.36. The number of hydrogen-bond donors (Lipinski definition) is 3. The van der Waals surface area contributed by atoms with Crippen LogP contribution in [0.4, 0.5) is 0 Å². The van der Waals surface area contributed by atoms with Gasteiger partial charge in [0.05, 0.1) is 18.3 Å². The van der Waals surface area contributed by atoms with Crippen LogP contribution in [0.15, 0.2) is 0 Å². The van der Waals surface area contributed by atoms with Crippen molar-refractivity contribution in [3.8, 4) is 0 Å². The molecular formula is C24H41O6P-2. The molecule has 0 unspecified atom stereocenters. The standard InChI is InChI=1S/C24H43O6P/c1-14(5-4-10-31(28,29)30)17-6-7-18-22-19(13-21(27)24(17,18)3)23(2)9-8-16(25)11-15(23)12-20(22)26/h14-22,25-27H,4-13H2,1-3H3,(H2,28,29,30)/p-2/t14-,15+,16-,17-,18+,19+,20-,21+,22+,23+,24-/m1/s1. The Balaban J connectivity index is 1.54. The summed E-state index contributed by atoms with van der Waals surface area (Å²) in [5.74, 6) is 1.56. The number of hydrogen-bond acceptors (Lipinski definition) is 6. The molecule has 0 aromatic heterocycles. The Bertz CT molecular complexity index is 710. The molecule has 0 bridgehead atoms. The van der Waals surface area contributed by atoms with Crippen molar-refractivity contribution in [3.63, 3.8) is 0 Å². The first kappa shape index (κ1) is 24.2. The lowest BCUT2D eigenvalue weighted by atomic mass is 9.43. The Morgan fingerprint density at radius 2 is 1.74 bits per heavy atom. The zero-order chi connectivity index (χ0) is 22.8. The average Bonchev–Trinajstić information content (AvgIpc) is 3.01. The molecule has 4 aliphatic rings. The molecule has 4 fully saturated rings. The second-order valence-corrected chi connectivity index (χ2v) is 13.6. The Kier molecular flexibility index (Phi) is 6.51. The smallest absolute Gasteiger partial charge is 0.0602 e. The van der Waals surface area contributed by atoms with Gasteiger partial charge in [-0.3, -0.25) is 0 Å². The molecule has 6 nitrogen and oxygen atoms in total. The van der Waals surface area contributed by atoms with E-state index in [1.54, 1.807) is 0 Å². The van der Waals surface area contributed by atoms with Gasteiger partial charge in [-0.25, -0.2) is 0 Å². The van der Waals surface area contributed by atoms with E-state index in [2.05, 4.69) is 20.8 Å². The van der Waals surface area contributed by atoms with E-state index in [1.807, 2.05) is 0 Å². The van der Waals surface area contributed by atoms with Crippen molar-refractivity contribution < 1.29 is 29.7 Å². The van der Waals surface area contributed by atoms with E-state index in [-0.39, 0.29) is 58.8 Å². The van der Waals surface area contributed by atoms with Gasteiger partial charge in [0.15, 0.2) is 0 Å². The minimum atomic E-state index is -4.47. The van der Waals surface area contributed by atoms with Crippen LogP contribution in [0.5, 0.6) is 0 Å². The predicted octanol–water partition coefficient (Wildman–Crippen LogP) is 2.28. The molecule has 0 amide bonds. The molecule has 0 aromatic carbocycles. The average molecular weight is 457 g/mol. The van der Waals surface area contributed by atoms with Crippen molar-refractivity contribution in [2.24, 2.45) is 46.3 Å². The minimum absolute atomic E-state index is 0.0680. The quantitative estimate of drug-likeness (QED) is 0.545. The third-order valence-corrected chi connectivity index (χ3v) is 11.5. The number of fused-ring (bicyclic) bond motifs is 5. The van der Waals surface area contributed by atoms with Crippen molar-refractivity contribution in [2.45, 2.75) is 96.9 Å². The molecule has 0 spiro atoms. The Labute approximate surface area is 187 Å². The summed E-state index contributed by atoms with van der Waals surface area (Å²) in [6, 6.07) is 0. The van der Waals surface area contributed by atoms with E-state index >= 15 is 0 Å². The first-order valence-electron chi connectivity index (χ1n) is 12.4. The summed E-state index contributed by atoms with van der Waals surface area (Å²) >= 11 is 0. The lowest BCUT2D eigenvalue weighted by Gasteiger charge is -2.63. The molecule has 0 aliphatic heterocycles. The van der Waals surface area contributed by atoms with Crippen molar-refractivity contribution in [1.29, 1.82) is 0 Å². The van der Waals surface area contributed by atoms with Crippen LogP contribution in [0.3, 0.4) is 0 Å². The van der Waals surface area contributed by atoms with Crippen molar-refractivity contribution >= 4 is 7.60 Å². The molecule has 180 valence electrons. The summed E-state index contributed by atoms with van der Waals surface area (Å²) in [5.41, 5.74) is -0.212. The summed E-state index contributed by atoms with van der Waals surface area (Å²) in [6.45, 7) is 6.67. The van der Waals surface area contributed by atoms with E-state index in [9.17, 15) is 29.7 Å². The van der Waals surface area contributed by atoms with E-state index in [0.717, 1.165) is 38.5 Å². The van der Waals surface area contributed by atoms with Crippen molar-refractivity contribution in [3.05, 3.63) is 0 Å². The van der Waals surface area contributed by atoms with E-state index in [0.29, 0.717) is 25.2 Å². The normalized spacial score (nSPS) is 51.0. The Morgan fingerprint density at radius 3 is 2.42 bits per heavy atom. The van der Waals surface area contributed by atoms with Gasteiger partial charge in [-0.1, -0.05) is 34.8 Å². The maximum atomic E-state index is 11.5. The largest absolute Gasteiger partial charge is 0.811 e. The molecule has 0 heterocycles. The molecule has 3 N–H and O–H groups in total. The predicted molar refractivity (Wildman–Crippen MR) is 115 cm³/mol. The number of aliphatic hydroxyl groups excluding tert-OH is 3. The molecule has 11 atom stereocenters. The summed E-state index contributed by atoms with van der Waals surface area (Å²) < 4.78 is 11.0. The summed E-state index contributed by atoms with van der Waals surface area (Å²) in [4.78, 5) is 22.1. The molecule has 0 aromatic rings. The monoisotopic (exact) mass is 456 g/mol. The summed E-state index contributed by atoms with van der Waals surface area (Å²) in [5, 5.41) is 33.0. The van der Waals surface area contributed by atoms with Gasteiger partial charge in [0, 0.05) is 0 Å². The fourth-order valence-corrected chi connectivity index (χ4v) is 9.51.